The largest absolute Gasteiger partial charge is 0.352 e. The van der Waals surface area contributed by atoms with Crippen molar-refractivity contribution in [1.29, 1.82) is 0 Å². The molecule has 0 atom stereocenters. The van der Waals surface area contributed by atoms with Crippen molar-refractivity contribution in [2.45, 2.75) is 59.3 Å². The van der Waals surface area contributed by atoms with Crippen molar-refractivity contribution < 1.29 is 4.79 Å². The van der Waals surface area contributed by atoms with E-state index in [0.29, 0.717) is 5.91 Å². The number of thiophene rings is 1. The Balaban J connectivity index is 1.53. The first-order valence-corrected chi connectivity index (χ1v) is 11.2. The molecular weight excluding hydrogens is 356 g/mol. The monoisotopic (exact) mass is 386 g/mol. The van der Waals surface area contributed by atoms with Crippen LogP contribution in [0.3, 0.4) is 0 Å². The number of hydrogen-bond donors (Lipinski definition) is 0. The van der Waals surface area contributed by atoms with Crippen molar-refractivity contribution in [1.82, 2.24) is 14.9 Å². The Labute approximate surface area is 165 Å². The summed E-state index contributed by atoms with van der Waals surface area (Å²) in [5.74, 6) is 2.64. The standard InChI is InChI=1S/C21H30N4OS/c1-4-17-22-19(18-14(2)15(3)27-20(18)23-17)24-10-12-25(13-11-24)21(26)16-8-6-5-7-9-16/h16H,4-13H2,1-3H3. The first-order valence-electron chi connectivity index (χ1n) is 10.4. The second-order valence-electron chi connectivity index (χ2n) is 7.93. The van der Waals surface area contributed by atoms with Gasteiger partial charge in [0.25, 0.3) is 0 Å². The fourth-order valence-corrected chi connectivity index (χ4v) is 5.45. The van der Waals surface area contributed by atoms with Crippen molar-refractivity contribution in [3.63, 3.8) is 0 Å². The van der Waals surface area contributed by atoms with E-state index in [1.54, 1.807) is 11.3 Å². The summed E-state index contributed by atoms with van der Waals surface area (Å²) in [7, 11) is 0. The van der Waals surface area contributed by atoms with Crippen LogP contribution in [-0.2, 0) is 11.2 Å². The summed E-state index contributed by atoms with van der Waals surface area (Å²) in [5.41, 5.74) is 1.30. The van der Waals surface area contributed by atoms with E-state index in [2.05, 4.69) is 30.6 Å². The lowest BCUT2D eigenvalue weighted by atomic mass is 9.88. The Morgan fingerprint density at radius 1 is 1.07 bits per heavy atom. The molecule has 1 aliphatic heterocycles. The highest BCUT2D eigenvalue weighted by atomic mass is 32.1. The number of anilines is 1. The Hall–Kier alpha value is -1.69. The van der Waals surface area contributed by atoms with Gasteiger partial charge in [0, 0.05) is 43.4 Å². The molecule has 2 aromatic heterocycles. The third-order valence-electron chi connectivity index (χ3n) is 6.22. The van der Waals surface area contributed by atoms with Gasteiger partial charge in [-0.15, -0.1) is 11.3 Å². The van der Waals surface area contributed by atoms with Gasteiger partial charge in [0.05, 0.1) is 5.39 Å². The third kappa shape index (κ3) is 3.56. The third-order valence-corrected chi connectivity index (χ3v) is 7.32. The number of rotatable bonds is 3. The average Bonchev–Trinajstić information content (AvgIpc) is 3.01. The average molecular weight is 387 g/mol. The minimum atomic E-state index is 0.268. The topological polar surface area (TPSA) is 49.3 Å². The van der Waals surface area contributed by atoms with Crippen LogP contribution >= 0.6 is 11.3 Å². The van der Waals surface area contributed by atoms with E-state index in [-0.39, 0.29) is 5.92 Å². The molecule has 5 nitrogen and oxygen atoms in total. The van der Waals surface area contributed by atoms with Crippen LogP contribution in [0.1, 0.15) is 55.3 Å². The summed E-state index contributed by atoms with van der Waals surface area (Å²) in [6.45, 7) is 9.80. The van der Waals surface area contributed by atoms with Gasteiger partial charge < -0.3 is 9.80 Å². The van der Waals surface area contributed by atoms with Crippen molar-refractivity contribution in [2.75, 3.05) is 31.1 Å². The van der Waals surface area contributed by atoms with Crippen molar-refractivity contribution in [2.24, 2.45) is 5.92 Å². The number of piperazine rings is 1. The maximum Gasteiger partial charge on any atom is 0.225 e. The van der Waals surface area contributed by atoms with Crippen LogP contribution in [0.4, 0.5) is 5.82 Å². The first-order chi connectivity index (χ1) is 13.1. The zero-order chi connectivity index (χ0) is 19.0. The van der Waals surface area contributed by atoms with Gasteiger partial charge in [-0.1, -0.05) is 26.2 Å². The molecule has 0 unspecified atom stereocenters. The van der Waals surface area contributed by atoms with Crippen LogP contribution in [0.25, 0.3) is 10.2 Å². The van der Waals surface area contributed by atoms with Crippen LogP contribution in [0.15, 0.2) is 0 Å². The van der Waals surface area contributed by atoms with E-state index in [9.17, 15) is 4.79 Å². The van der Waals surface area contributed by atoms with E-state index >= 15 is 0 Å². The van der Waals surface area contributed by atoms with Gasteiger partial charge in [0.15, 0.2) is 0 Å². The summed E-state index contributed by atoms with van der Waals surface area (Å²) in [4.78, 5) is 29.4. The maximum atomic E-state index is 12.9. The van der Waals surface area contributed by atoms with Gasteiger partial charge in [0.2, 0.25) is 5.91 Å². The van der Waals surface area contributed by atoms with Crippen LogP contribution in [0, 0.1) is 19.8 Å². The number of nitrogens with zero attached hydrogens (tertiary/aromatic N) is 4. The SMILES string of the molecule is CCc1nc(N2CCN(C(=O)C3CCCCC3)CC2)c2c(C)c(C)sc2n1. The predicted octanol–water partition coefficient (Wildman–Crippen LogP) is 4.10. The number of aryl methyl sites for hydroxylation is 3. The molecule has 6 heteroatoms. The molecule has 0 radical (unpaired) electrons. The Morgan fingerprint density at radius 2 is 1.78 bits per heavy atom. The molecule has 0 aromatic carbocycles. The van der Waals surface area contributed by atoms with E-state index in [4.69, 9.17) is 9.97 Å². The summed E-state index contributed by atoms with van der Waals surface area (Å²) >= 11 is 1.77. The number of hydrogen-bond acceptors (Lipinski definition) is 5. The Morgan fingerprint density at radius 3 is 2.44 bits per heavy atom. The molecule has 1 aliphatic carbocycles. The lowest BCUT2D eigenvalue weighted by Gasteiger charge is -2.38. The molecule has 1 saturated carbocycles. The normalized spacial score (nSPS) is 19.1. The molecule has 27 heavy (non-hydrogen) atoms. The van der Waals surface area contributed by atoms with Crippen molar-refractivity contribution in [3.05, 3.63) is 16.3 Å². The summed E-state index contributed by atoms with van der Waals surface area (Å²) in [6, 6.07) is 0. The second kappa shape index (κ2) is 7.74. The fourth-order valence-electron chi connectivity index (χ4n) is 4.40. The lowest BCUT2D eigenvalue weighted by molar-refractivity contribution is -0.136. The lowest BCUT2D eigenvalue weighted by Crippen LogP contribution is -2.51. The molecule has 3 heterocycles. The van der Waals surface area contributed by atoms with E-state index in [1.165, 1.54) is 35.1 Å². The summed E-state index contributed by atoms with van der Waals surface area (Å²) in [5, 5.41) is 1.21. The van der Waals surface area contributed by atoms with E-state index < -0.39 is 0 Å². The molecule has 0 bridgehead atoms. The first kappa shape index (κ1) is 18.7. The van der Waals surface area contributed by atoms with Gasteiger partial charge in [-0.25, -0.2) is 9.97 Å². The quantitative estimate of drug-likeness (QED) is 0.797. The van der Waals surface area contributed by atoms with Crippen LogP contribution in [-0.4, -0.2) is 47.0 Å². The van der Waals surface area contributed by atoms with E-state index in [1.807, 2.05) is 0 Å². The fraction of sp³-hybridized carbons (Fsp3) is 0.667. The van der Waals surface area contributed by atoms with Crippen molar-refractivity contribution >= 4 is 33.3 Å². The molecule has 2 aliphatic rings. The molecule has 146 valence electrons. The molecule has 1 saturated heterocycles. The van der Waals surface area contributed by atoms with Crippen LogP contribution < -0.4 is 4.90 Å². The maximum absolute atomic E-state index is 12.9. The predicted molar refractivity (Wildman–Crippen MR) is 112 cm³/mol. The van der Waals surface area contributed by atoms with Gasteiger partial charge in [-0.3, -0.25) is 4.79 Å². The minimum Gasteiger partial charge on any atom is -0.352 e. The van der Waals surface area contributed by atoms with Crippen molar-refractivity contribution in [3.8, 4) is 0 Å². The minimum absolute atomic E-state index is 0.268. The zero-order valence-electron chi connectivity index (χ0n) is 16.8. The molecule has 1 amide bonds. The van der Waals surface area contributed by atoms with Gasteiger partial charge in [0.1, 0.15) is 16.5 Å². The molecule has 2 aromatic rings. The summed E-state index contributed by atoms with van der Waals surface area (Å²) < 4.78 is 0. The Kier molecular flexibility index (Phi) is 5.35. The smallest absolute Gasteiger partial charge is 0.225 e. The van der Waals surface area contributed by atoms with Crippen LogP contribution in [0.2, 0.25) is 0 Å². The number of carbonyl (C=O) groups is 1. The molecule has 0 spiro atoms. The molecule has 4 rings (SSSR count). The highest BCUT2D eigenvalue weighted by molar-refractivity contribution is 7.18. The molecular formula is C21H30N4OS. The van der Waals surface area contributed by atoms with E-state index in [0.717, 1.165) is 61.9 Å². The Bertz CT molecular complexity index is 832. The highest BCUT2D eigenvalue weighted by Crippen LogP contribution is 2.35. The highest BCUT2D eigenvalue weighted by Gasteiger charge is 2.29. The zero-order valence-corrected chi connectivity index (χ0v) is 17.6. The van der Waals surface area contributed by atoms with Gasteiger partial charge >= 0.3 is 0 Å². The number of fused-ring (bicyclic) bond motifs is 1. The van der Waals surface area contributed by atoms with Gasteiger partial charge in [-0.05, 0) is 32.3 Å². The van der Waals surface area contributed by atoms with Crippen LogP contribution in [0.5, 0.6) is 0 Å². The second-order valence-corrected chi connectivity index (χ2v) is 9.13. The summed E-state index contributed by atoms with van der Waals surface area (Å²) in [6.07, 6.45) is 6.73. The molecule has 2 fully saturated rings. The number of carbonyl (C=O) groups excluding carboxylic acids is 1. The molecule has 0 N–H and O–H groups in total. The number of amides is 1. The van der Waals surface area contributed by atoms with Gasteiger partial charge in [-0.2, -0.15) is 0 Å². The number of aromatic nitrogens is 2.